The number of rotatable bonds is 9. The van der Waals surface area contributed by atoms with Crippen molar-refractivity contribution in [1.29, 1.82) is 0 Å². The zero-order chi connectivity index (χ0) is 18.9. The van der Waals surface area contributed by atoms with Gasteiger partial charge in [0.1, 0.15) is 9.84 Å². The van der Waals surface area contributed by atoms with Gasteiger partial charge in [-0.3, -0.25) is 0 Å². The highest BCUT2D eigenvalue weighted by Gasteiger charge is 2.10. The smallest absolute Gasteiger partial charge is 0.191 e. The number of sulfone groups is 1. The Morgan fingerprint density at radius 3 is 2.48 bits per heavy atom. The van der Waals surface area contributed by atoms with Crippen LogP contribution >= 0.6 is 0 Å². The Morgan fingerprint density at radius 1 is 1.24 bits per heavy atom. The quantitative estimate of drug-likeness (QED) is 0.506. The summed E-state index contributed by atoms with van der Waals surface area (Å²) in [6.07, 6.45) is 1.77. The topological polar surface area (TPSA) is 89.0 Å². The van der Waals surface area contributed by atoms with Crippen LogP contribution in [0.2, 0.25) is 0 Å². The number of ether oxygens (including phenoxy) is 2. The van der Waals surface area contributed by atoms with E-state index in [2.05, 4.69) is 15.6 Å². The lowest BCUT2D eigenvalue weighted by Crippen LogP contribution is -2.42. The highest BCUT2D eigenvalue weighted by molar-refractivity contribution is 7.90. The monoisotopic (exact) mass is 371 g/mol. The molecule has 0 saturated carbocycles. The molecule has 0 aliphatic rings. The third kappa shape index (κ3) is 8.11. The van der Waals surface area contributed by atoms with Gasteiger partial charge in [-0.05, 0) is 38.0 Å². The van der Waals surface area contributed by atoms with Gasteiger partial charge in [-0.2, -0.15) is 0 Å². The second kappa shape index (κ2) is 10.1. The van der Waals surface area contributed by atoms with Crippen molar-refractivity contribution in [3.05, 3.63) is 23.8 Å². The zero-order valence-electron chi connectivity index (χ0n) is 15.6. The molecule has 0 amide bonds. The molecule has 1 unspecified atom stereocenters. The van der Waals surface area contributed by atoms with Crippen molar-refractivity contribution < 1.29 is 17.9 Å². The van der Waals surface area contributed by atoms with Gasteiger partial charge in [0.25, 0.3) is 0 Å². The van der Waals surface area contributed by atoms with Crippen LogP contribution in [0.5, 0.6) is 11.5 Å². The molecule has 0 radical (unpaired) electrons. The van der Waals surface area contributed by atoms with Crippen molar-refractivity contribution in [3.63, 3.8) is 0 Å². The molecule has 0 aliphatic heterocycles. The Bertz CT molecular complexity index is 674. The van der Waals surface area contributed by atoms with Crippen LogP contribution in [-0.2, 0) is 16.4 Å². The van der Waals surface area contributed by atoms with Crippen LogP contribution in [0.15, 0.2) is 23.2 Å². The number of hydrogen-bond donors (Lipinski definition) is 2. The molecule has 0 saturated heterocycles. The largest absolute Gasteiger partial charge is 0.493 e. The number of nitrogens with one attached hydrogen (secondary N) is 2. The predicted octanol–water partition coefficient (Wildman–Crippen LogP) is 1.58. The number of nitrogens with zero attached hydrogens (tertiary/aromatic N) is 1. The molecule has 2 N–H and O–H groups in total. The Morgan fingerprint density at radius 2 is 1.92 bits per heavy atom. The molecule has 1 aromatic rings. The number of guanidine groups is 1. The van der Waals surface area contributed by atoms with Crippen molar-refractivity contribution in [2.45, 2.75) is 32.9 Å². The first-order valence-electron chi connectivity index (χ1n) is 8.22. The summed E-state index contributed by atoms with van der Waals surface area (Å²) in [4.78, 5) is 4.55. The molecule has 0 aromatic heterocycles. The Hall–Kier alpha value is -1.96. The van der Waals surface area contributed by atoms with Crippen LogP contribution in [0.3, 0.4) is 0 Å². The van der Waals surface area contributed by atoms with E-state index in [1.165, 1.54) is 6.26 Å². The molecule has 0 aliphatic carbocycles. The number of benzene rings is 1. The molecule has 0 heterocycles. The minimum absolute atomic E-state index is 0.00192. The predicted molar refractivity (Wildman–Crippen MR) is 101 cm³/mol. The molecule has 0 spiro atoms. The lowest BCUT2D eigenvalue weighted by Gasteiger charge is -2.17. The van der Waals surface area contributed by atoms with Gasteiger partial charge < -0.3 is 20.1 Å². The highest BCUT2D eigenvalue weighted by atomic mass is 32.2. The van der Waals surface area contributed by atoms with E-state index in [9.17, 15) is 8.42 Å². The first kappa shape index (κ1) is 21.1. The van der Waals surface area contributed by atoms with Crippen molar-refractivity contribution in [3.8, 4) is 11.5 Å². The minimum atomic E-state index is -2.96. The first-order valence-corrected chi connectivity index (χ1v) is 10.3. The Kier molecular flexibility index (Phi) is 8.54. The van der Waals surface area contributed by atoms with Crippen LogP contribution in [-0.4, -0.2) is 53.2 Å². The Labute approximate surface area is 150 Å². The summed E-state index contributed by atoms with van der Waals surface area (Å²) in [6, 6.07) is 5.66. The number of hydrogen-bond acceptors (Lipinski definition) is 5. The maximum atomic E-state index is 11.3. The van der Waals surface area contributed by atoms with E-state index in [1.54, 1.807) is 14.2 Å². The van der Waals surface area contributed by atoms with Gasteiger partial charge in [0, 0.05) is 18.8 Å². The van der Waals surface area contributed by atoms with Crippen molar-refractivity contribution in [1.82, 2.24) is 10.6 Å². The molecule has 1 rings (SSSR count). The normalized spacial score (nSPS) is 13.2. The standard InChI is InChI=1S/C17H29N3O4S/c1-6-18-17(20-13(2)9-10-25(5,21)22)19-12-14-7-8-15(23-3)16(11-14)24-4/h7-8,11,13H,6,9-10,12H2,1-5H3,(H2,18,19,20). The number of methoxy groups -OCH3 is 2. The van der Waals surface area contributed by atoms with E-state index < -0.39 is 9.84 Å². The van der Waals surface area contributed by atoms with Crippen LogP contribution < -0.4 is 20.1 Å². The van der Waals surface area contributed by atoms with Crippen LogP contribution in [0.25, 0.3) is 0 Å². The second-order valence-corrected chi connectivity index (χ2v) is 8.11. The fourth-order valence-electron chi connectivity index (χ4n) is 2.17. The van der Waals surface area contributed by atoms with Gasteiger partial charge in [-0.15, -0.1) is 0 Å². The molecule has 8 heteroatoms. The molecular weight excluding hydrogens is 342 g/mol. The summed E-state index contributed by atoms with van der Waals surface area (Å²) in [5.74, 6) is 2.14. The molecule has 1 atom stereocenters. The summed E-state index contributed by atoms with van der Waals surface area (Å²) in [5, 5.41) is 6.40. The third-order valence-electron chi connectivity index (χ3n) is 3.52. The van der Waals surface area contributed by atoms with E-state index in [0.717, 1.165) is 12.1 Å². The van der Waals surface area contributed by atoms with Gasteiger partial charge in [-0.25, -0.2) is 13.4 Å². The lowest BCUT2D eigenvalue weighted by atomic mass is 10.2. The summed E-state index contributed by atoms with van der Waals surface area (Å²) in [5.41, 5.74) is 0.985. The third-order valence-corrected chi connectivity index (χ3v) is 4.49. The molecule has 25 heavy (non-hydrogen) atoms. The maximum Gasteiger partial charge on any atom is 0.191 e. The van der Waals surface area contributed by atoms with Crippen LogP contribution in [0, 0.1) is 0 Å². The van der Waals surface area contributed by atoms with Crippen molar-refractivity contribution >= 4 is 15.8 Å². The van der Waals surface area contributed by atoms with Gasteiger partial charge >= 0.3 is 0 Å². The highest BCUT2D eigenvalue weighted by Crippen LogP contribution is 2.27. The average molecular weight is 372 g/mol. The van der Waals surface area contributed by atoms with Crippen molar-refractivity contribution in [2.24, 2.45) is 4.99 Å². The molecule has 142 valence electrons. The van der Waals surface area contributed by atoms with E-state index in [0.29, 0.717) is 30.4 Å². The van der Waals surface area contributed by atoms with E-state index >= 15 is 0 Å². The zero-order valence-corrected chi connectivity index (χ0v) is 16.4. The van der Waals surface area contributed by atoms with E-state index in [-0.39, 0.29) is 11.8 Å². The minimum Gasteiger partial charge on any atom is -0.493 e. The fraction of sp³-hybridized carbons (Fsp3) is 0.588. The number of aliphatic imine (C=N–C) groups is 1. The molecular formula is C17H29N3O4S. The SMILES string of the molecule is CCNC(=NCc1ccc(OC)c(OC)c1)NC(C)CCS(C)(=O)=O. The van der Waals surface area contributed by atoms with Gasteiger partial charge in [0.05, 0.1) is 26.5 Å². The molecule has 0 fully saturated rings. The van der Waals surface area contributed by atoms with E-state index in [4.69, 9.17) is 9.47 Å². The van der Waals surface area contributed by atoms with Crippen LogP contribution in [0.4, 0.5) is 0 Å². The van der Waals surface area contributed by atoms with Gasteiger partial charge in [0.15, 0.2) is 17.5 Å². The summed E-state index contributed by atoms with van der Waals surface area (Å²) >= 11 is 0. The first-order chi connectivity index (χ1) is 11.8. The summed E-state index contributed by atoms with van der Waals surface area (Å²) < 4.78 is 33.1. The van der Waals surface area contributed by atoms with E-state index in [1.807, 2.05) is 32.0 Å². The molecule has 7 nitrogen and oxygen atoms in total. The van der Waals surface area contributed by atoms with Crippen LogP contribution in [0.1, 0.15) is 25.8 Å². The van der Waals surface area contributed by atoms with Crippen molar-refractivity contribution in [2.75, 3.05) is 32.8 Å². The molecule has 1 aromatic carbocycles. The fourth-order valence-corrected chi connectivity index (χ4v) is 2.95. The maximum absolute atomic E-state index is 11.3. The Balaban J connectivity index is 2.75. The van der Waals surface area contributed by atoms with Gasteiger partial charge in [0.2, 0.25) is 0 Å². The average Bonchev–Trinajstić information content (AvgIpc) is 2.57. The summed E-state index contributed by atoms with van der Waals surface area (Å²) in [6.45, 7) is 5.11. The van der Waals surface area contributed by atoms with Gasteiger partial charge in [-0.1, -0.05) is 6.07 Å². The molecule has 0 bridgehead atoms. The second-order valence-electron chi connectivity index (χ2n) is 5.85. The lowest BCUT2D eigenvalue weighted by molar-refractivity contribution is 0.354. The summed E-state index contributed by atoms with van der Waals surface area (Å²) in [7, 11) is 0.232.